The van der Waals surface area contributed by atoms with Crippen LogP contribution in [0, 0.1) is 0 Å². The molecule has 0 unspecified atom stereocenters. The first kappa shape index (κ1) is 10.6. The third-order valence-electron chi connectivity index (χ3n) is 1.78. The Hall–Kier alpha value is -1.45. The minimum Gasteiger partial charge on any atom is -0.497 e. The van der Waals surface area contributed by atoms with Gasteiger partial charge in [-0.05, 0) is 6.07 Å². The standard InChI is InChI=1S/C10H9F3O/c1-7(14-2)8-5-3-4-6-9(8)10(11,12)13/h3-6H,1H2,2H3. The molecule has 0 saturated heterocycles. The minimum atomic E-state index is -4.38. The van der Waals surface area contributed by atoms with Crippen LogP contribution in [0.3, 0.4) is 0 Å². The lowest BCUT2D eigenvalue weighted by Crippen LogP contribution is -2.08. The minimum absolute atomic E-state index is 0.0120. The molecule has 0 amide bonds. The van der Waals surface area contributed by atoms with Crippen LogP contribution >= 0.6 is 0 Å². The maximum atomic E-state index is 12.4. The van der Waals surface area contributed by atoms with E-state index in [1.807, 2.05) is 0 Å². The molecule has 0 bridgehead atoms. The van der Waals surface area contributed by atoms with Crippen LogP contribution in [0.4, 0.5) is 13.2 Å². The molecule has 1 rings (SSSR count). The van der Waals surface area contributed by atoms with Crippen LogP contribution in [0.15, 0.2) is 30.8 Å². The van der Waals surface area contributed by atoms with E-state index in [-0.39, 0.29) is 11.3 Å². The van der Waals surface area contributed by atoms with Crippen LogP contribution < -0.4 is 0 Å². The molecule has 0 fully saturated rings. The molecule has 14 heavy (non-hydrogen) atoms. The van der Waals surface area contributed by atoms with Gasteiger partial charge in [-0.15, -0.1) is 0 Å². The highest BCUT2D eigenvalue weighted by Crippen LogP contribution is 2.34. The van der Waals surface area contributed by atoms with Crippen molar-refractivity contribution in [2.45, 2.75) is 6.18 Å². The number of hydrogen-bond acceptors (Lipinski definition) is 1. The molecule has 1 nitrogen and oxygen atoms in total. The Balaban J connectivity index is 3.23. The summed E-state index contributed by atoms with van der Waals surface area (Å²) in [5.41, 5.74) is -0.755. The molecule has 0 atom stereocenters. The van der Waals surface area contributed by atoms with E-state index < -0.39 is 11.7 Å². The van der Waals surface area contributed by atoms with Gasteiger partial charge < -0.3 is 4.74 Å². The number of alkyl halides is 3. The van der Waals surface area contributed by atoms with Gasteiger partial charge in [0.05, 0.1) is 12.7 Å². The molecule has 0 aliphatic heterocycles. The lowest BCUT2D eigenvalue weighted by molar-refractivity contribution is -0.137. The molecule has 0 aliphatic rings. The van der Waals surface area contributed by atoms with E-state index in [0.29, 0.717) is 0 Å². The lowest BCUT2D eigenvalue weighted by Gasteiger charge is -2.13. The second-order valence-electron chi connectivity index (χ2n) is 2.67. The van der Waals surface area contributed by atoms with Crippen LogP contribution in [-0.2, 0) is 10.9 Å². The van der Waals surface area contributed by atoms with Gasteiger partial charge in [0.25, 0.3) is 0 Å². The quantitative estimate of drug-likeness (QED) is 0.668. The zero-order chi connectivity index (χ0) is 10.8. The van der Waals surface area contributed by atoms with E-state index in [1.54, 1.807) is 0 Å². The van der Waals surface area contributed by atoms with Crippen molar-refractivity contribution >= 4 is 5.76 Å². The molecule has 0 aliphatic carbocycles. The zero-order valence-corrected chi connectivity index (χ0v) is 7.56. The van der Waals surface area contributed by atoms with Crippen LogP contribution in [0.25, 0.3) is 5.76 Å². The highest BCUT2D eigenvalue weighted by molar-refractivity contribution is 5.61. The molecule has 0 radical (unpaired) electrons. The van der Waals surface area contributed by atoms with Crippen LogP contribution in [0.2, 0.25) is 0 Å². The SMILES string of the molecule is C=C(OC)c1ccccc1C(F)(F)F. The number of methoxy groups -OCH3 is 1. The van der Waals surface area contributed by atoms with Crippen molar-refractivity contribution in [3.8, 4) is 0 Å². The molecule has 0 N–H and O–H groups in total. The molecule has 4 heteroatoms. The predicted octanol–water partition coefficient (Wildman–Crippen LogP) is 3.32. The summed E-state index contributed by atoms with van der Waals surface area (Å²) in [4.78, 5) is 0. The molecule has 0 heterocycles. The number of halogens is 3. The highest BCUT2D eigenvalue weighted by atomic mass is 19.4. The Kier molecular flexibility index (Phi) is 2.84. The first-order chi connectivity index (χ1) is 6.46. The Bertz CT molecular complexity index is 341. The first-order valence-corrected chi connectivity index (χ1v) is 3.86. The monoisotopic (exact) mass is 202 g/mol. The van der Waals surface area contributed by atoms with Crippen molar-refractivity contribution in [2.75, 3.05) is 7.11 Å². The maximum Gasteiger partial charge on any atom is 0.417 e. The van der Waals surface area contributed by atoms with E-state index in [9.17, 15) is 13.2 Å². The average Bonchev–Trinajstić information content (AvgIpc) is 2.15. The molecule has 1 aromatic carbocycles. The van der Waals surface area contributed by atoms with Crippen molar-refractivity contribution in [1.29, 1.82) is 0 Å². The van der Waals surface area contributed by atoms with Gasteiger partial charge in [0.15, 0.2) is 0 Å². The normalized spacial score (nSPS) is 11.1. The summed E-state index contributed by atoms with van der Waals surface area (Å²) in [6, 6.07) is 5.16. The lowest BCUT2D eigenvalue weighted by atomic mass is 10.1. The van der Waals surface area contributed by atoms with Gasteiger partial charge >= 0.3 is 6.18 Å². The summed E-state index contributed by atoms with van der Waals surface area (Å²) >= 11 is 0. The number of rotatable bonds is 2. The number of ether oxygens (including phenoxy) is 1. The summed E-state index contributed by atoms with van der Waals surface area (Å²) in [6.45, 7) is 3.40. The molecular weight excluding hydrogens is 193 g/mol. The second-order valence-corrected chi connectivity index (χ2v) is 2.67. The summed E-state index contributed by atoms with van der Waals surface area (Å²) in [6.07, 6.45) is -4.38. The summed E-state index contributed by atoms with van der Waals surface area (Å²) in [7, 11) is 1.29. The second kappa shape index (κ2) is 3.74. The number of hydrogen-bond donors (Lipinski definition) is 0. The van der Waals surface area contributed by atoms with Crippen molar-refractivity contribution in [2.24, 2.45) is 0 Å². The Morgan fingerprint density at radius 2 is 1.86 bits per heavy atom. The van der Waals surface area contributed by atoms with Gasteiger partial charge in [0, 0.05) is 5.56 Å². The molecular formula is C10H9F3O. The van der Waals surface area contributed by atoms with E-state index in [1.165, 1.54) is 25.3 Å². The third kappa shape index (κ3) is 2.07. The van der Waals surface area contributed by atoms with E-state index in [2.05, 4.69) is 11.3 Å². The molecule has 76 valence electrons. The first-order valence-electron chi connectivity index (χ1n) is 3.86. The number of benzene rings is 1. The molecule has 0 spiro atoms. The van der Waals surface area contributed by atoms with Gasteiger partial charge in [-0.3, -0.25) is 0 Å². The van der Waals surface area contributed by atoms with Gasteiger partial charge in [0.2, 0.25) is 0 Å². The maximum absolute atomic E-state index is 12.4. The zero-order valence-electron chi connectivity index (χ0n) is 7.56. The molecule has 0 saturated carbocycles. The Morgan fingerprint density at radius 1 is 1.29 bits per heavy atom. The van der Waals surface area contributed by atoms with E-state index in [0.717, 1.165) is 6.07 Å². The van der Waals surface area contributed by atoms with Gasteiger partial charge in [-0.2, -0.15) is 13.2 Å². The van der Waals surface area contributed by atoms with E-state index >= 15 is 0 Å². The summed E-state index contributed by atoms with van der Waals surface area (Å²) < 4.78 is 42.0. The summed E-state index contributed by atoms with van der Waals surface area (Å²) in [5, 5.41) is 0. The van der Waals surface area contributed by atoms with Crippen molar-refractivity contribution in [3.05, 3.63) is 42.0 Å². The van der Waals surface area contributed by atoms with Crippen molar-refractivity contribution in [3.63, 3.8) is 0 Å². The highest BCUT2D eigenvalue weighted by Gasteiger charge is 2.33. The van der Waals surface area contributed by atoms with Crippen LogP contribution in [-0.4, -0.2) is 7.11 Å². The van der Waals surface area contributed by atoms with E-state index in [4.69, 9.17) is 0 Å². The smallest absolute Gasteiger partial charge is 0.417 e. The van der Waals surface area contributed by atoms with Crippen LogP contribution in [0.5, 0.6) is 0 Å². The van der Waals surface area contributed by atoms with Gasteiger partial charge in [-0.25, -0.2) is 0 Å². The topological polar surface area (TPSA) is 9.23 Å². The third-order valence-corrected chi connectivity index (χ3v) is 1.78. The Morgan fingerprint density at radius 3 is 2.36 bits per heavy atom. The Labute approximate surface area is 79.8 Å². The fourth-order valence-corrected chi connectivity index (χ4v) is 1.08. The van der Waals surface area contributed by atoms with Crippen molar-refractivity contribution in [1.82, 2.24) is 0 Å². The molecule has 0 aromatic heterocycles. The largest absolute Gasteiger partial charge is 0.497 e. The van der Waals surface area contributed by atoms with Gasteiger partial charge in [0.1, 0.15) is 5.76 Å². The van der Waals surface area contributed by atoms with Crippen LogP contribution in [0.1, 0.15) is 11.1 Å². The van der Waals surface area contributed by atoms with Gasteiger partial charge in [-0.1, -0.05) is 24.8 Å². The predicted molar refractivity (Wildman–Crippen MR) is 47.5 cm³/mol. The fraction of sp³-hybridized carbons (Fsp3) is 0.200. The summed E-state index contributed by atoms with van der Waals surface area (Å²) in [5.74, 6) is 0.0120. The molecule has 1 aromatic rings. The average molecular weight is 202 g/mol. The fourth-order valence-electron chi connectivity index (χ4n) is 1.08. The van der Waals surface area contributed by atoms with Crippen molar-refractivity contribution < 1.29 is 17.9 Å².